The van der Waals surface area contributed by atoms with Crippen LogP contribution in [0.2, 0.25) is 5.02 Å². The van der Waals surface area contributed by atoms with E-state index in [1.54, 1.807) is 0 Å². The molecule has 0 amide bonds. The van der Waals surface area contributed by atoms with Crippen molar-refractivity contribution < 1.29 is 0 Å². The van der Waals surface area contributed by atoms with Crippen LogP contribution in [0.4, 0.5) is 5.95 Å². The zero-order valence-electron chi connectivity index (χ0n) is 17.1. The van der Waals surface area contributed by atoms with E-state index in [-0.39, 0.29) is 0 Å². The van der Waals surface area contributed by atoms with E-state index < -0.39 is 0 Å². The Hall–Kier alpha value is -2.85. The molecule has 0 atom stereocenters. The molecule has 0 saturated heterocycles. The van der Waals surface area contributed by atoms with Crippen molar-refractivity contribution in [3.8, 4) is 22.4 Å². The summed E-state index contributed by atoms with van der Waals surface area (Å²) in [4.78, 5) is 9.57. The molecule has 1 N–H and O–H groups in total. The highest BCUT2D eigenvalue weighted by Gasteiger charge is 2.16. The molecule has 2 aromatic heterocycles. The third-order valence-electron chi connectivity index (χ3n) is 6.06. The molecule has 0 bridgehead atoms. The number of fused-ring (bicyclic) bond motifs is 1. The number of pyridine rings is 1. The average molecular weight is 417 g/mol. The van der Waals surface area contributed by atoms with Gasteiger partial charge in [-0.05, 0) is 48.7 Å². The molecular weight excluding hydrogens is 392 g/mol. The Bertz CT molecular complexity index is 1160. The third kappa shape index (κ3) is 3.80. The summed E-state index contributed by atoms with van der Waals surface area (Å²) < 4.78 is 2.16. The fourth-order valence-corrected chi connectivity index (χ4v) is 4.42. The number of hydrogen-bond donors (Lipinski definition) is 1. The van der Waals surface area contributed by atoms with Crippen molar-refractivity contribution in [2.24, 2.45) is 7.05 Å². The highest BCUT2D eigenvalue weighted by molar-refractivity contribution is 6.30. The lowest BCUT2D eigenvalue weighted by Crippen LogP contribution is -2.23. The van der Waals surface area contributed by atoms with Gasteiger partial charge in [0.05, 0.1) is 16.7 Å². The second-order valence-electron chi connectivity index (χ2n) is 8.12. The first-order chi connectivity index (χ1) is 14.7. The van der Waals surface area contributed by atoms with Crippen LogP contribution < -0.4 is 5.32 Å². The Kier molecular flexibility index (Phi) is 5.17. The molecule has 2 heterocycles. The Morgan fingerprint density at radius 3 is 2.37 bits per heavy atom. The van der Waals surface area contributed by atoms with Crippen LogP contribution in [0.5, 0.6) is 0 Å². The van der Waals surface area contributed by atoms with Crippen molar-refractivity contribution in [3.63, 3.8) is 0 Å². The van der Waals surface area contributed by atoms with E-state index in [4.69, 9.17) is 21.6 Å². The largest absolute Gasteiger partial charge is 0.353 e. The van der Waals surface area contributed by atoms with Crippen molar-refractivity contribution >= 4 is 28.6 Å². The molecule has 5 heteroatoms. The van der Waals surface area contributed by atoms with Crippen LogP contribution in [-0.4, -0.2) is 20.6 Å². The van der Waals surface area contributed by atoms with Crippen LogP contribution in [0.15, 0.2) is 60.8 Å². The number of nitrogens with one attached hydrogen (secondary N) is 1. The number of aromatic nitrogens is 3. The van der Waals surface area contributed by atoms with Gasteiger partial charge in [-0.1, -0.05) is 55.1 Å². The van der Waals surface area contributed by atoms with E-state index in [0.29, 0.717) is 6.04 Å². The van der Waals surface area contributed by atoms with Gasteiger partial charge in [0.2, 0.25) is 5.95 Å². The van der Waals surface area contributed by atoms with Crippen molar-refractivity contribution in [1.29, 1.82) is 0 Å². The topological polar surface area (TPSA) is 42.7 Å². The number of rotatable bonds is 4. The van der Waals surface area contributed by atoms with Gasteiger partial charge in [0, 0.05) is 35.4 Å². The summed E-state index contributed by atoms with van der Waals surface area (Å²) >= 11 is 5.99. The molecular formula is C25H25ClN4. The maximum Gasteiger partial charge on any atom is 0.203 e. The summed E-state index contributed by atoms with van der Waals surface area (Å²) in [7, 11) is 2.08. The second-order valence-corrected chi connectivity index (χ2v) is 8.55. The molecule has 0 spiro atoms. The minimum absolute atomic E-state index is 0.538. The molecule has 0 radical (unpaired) electrons. The minimum Gasteiger partial charge on any atom is -0.353 e. The van der Waals surface area contributed by atoms with E-state index >= 15 is 0 Å². The van der Waals surface area contributed by atoms with Crippen LogP contribution in [0.1, 0.15) is 32.1 Å². The zero-order chi connectivity index (χ0) is 20.5. The minimum atomic E-state index is 0.538. The number of anilines is 1. The molecule has 1 saturated carbocycles. The van der Waals surface area contributed by atoms with Gasteiger partial charge < -0.3 is 9.88 Å². The fourth-order valence-electron chi connectivity index (χ4n) is 4.30. The standard InChI is InChI=1S/C25H25ClN4/c1-30-24-14-10-18(15-23(24)29-25(30)28-21-5-3-2-4-6-21)22-13-9-19(16-27-22)17-7-11-20(26)12-8-17/h7-16,21H,2-6H2,1H3,(H,28,29). The lowest BCUT2D eigenvalue weighted by atomic mass is 9.96. The normalized spacial score (nSPS) is 14.9. The molecule has 4 aromatic rings. The molecule has 1 aliphatic carbocycles. The monoisotopic (exact) mass is 416 g/mol. The van der Waals surface area contributed by atoms with E-state index in [0.717, 1.165) is 44.4 Å². The predicted molar refractivity (Wildman–Crippen MR) is 125 cm³/mol. The van der Waals surface area contributed by atoms with Gasteiger partial charge in [-0.2, -0.15) is 0 Å². The number of imidazole rings is 1. The number of benzene rings is 2. The van der Waals surface area contributed by atoms with Gasteiger partial charge in [0.1, 0.15) is 0 Å². The van der Waals surface area contributed by atoms with E-state index in [1.807, 2.05) is 30.5 Å². The lowest BCUT2D eigenvalue weighted by molar-refractivity contribution is 0.460. The fraction of sp³-hybridized carbons (Fsp3) is 0.280. The van der Waals surface area contributed by atoms with Gasteiger partial charge >= 0.3 is 0 Å². The molecule has 2 aromatic carbocycles. The van der Waals surface area contributed by atoms with E-state index in [2.05, 4.69) is 47.3 Å². The molecule has 30 heavy (non-hydrogen) atoms. The summed E-state index contributed by atoms with van der Waals surface area (Å²) in [6.45, 7) is 0. The van der Waals surface area contributed by atoms with Crippen molar-refractivity contribution in [2.45, 2.75) is 38.1 Å². The SMILES string of the molecule is Cn1c(NC2CCCCC2)nc2cc(-c3ccc(-c4ccc(Cl)cc4)cn3)ccc21. The van der Waals surface area contributed by atoms with Gasteiger partial charge in [-0.3, -0.25) is 4.98 Å². The number of hydrogen-bond acceptors (Lipinski definition) is 3. The highest BCUT2D eigenvalue weighted by Crippen LogP contribution is 2.28. The van der Waals surface area contributed by atoms with Crippen LogP contribution in [-0.2, 0) is 7.05 Å². The summed E-state index contributed by atoms with van der Waals surface area (Å²) in [6, 6.07) is 18.9. The van der Waals surface area contributed by atoms with Gasteiger partial charge in [0.15, 0.2) is 0 Å². The summed E-state index contributed by atoms with van der Waals surface area (Å²) in [5, 5.41) is 4.39. The first-order valence-electron chi connectivity index (χ1n) is 10.6. The molecule has 0 unspecified atom stereocenters. The molecule has 4 nitrogen and oxygen atoms in total. The summed E-state index contributed by atoms with van der Waals surface area (Å²) in [5.41, 5.74) is 6.34. The van der Waals surface area contributed by atoms with Gasteiger partial charge in [0.25, 0.3) is 0 Å². The lowest BCUT2D eigenvalue weighted by Gasteiger charge is -2.23. The van der Waals surface area contributed by atoms with Crippen LogP contribution in [0.25, 0.3) is 33.4 Å². The maximum atomic E-state index is 5.99. The molecule has 152 valence electrons. The number of aryl methyl sites for hydroxylation is 1. The van der Waals surface area contributed by atoms with Crippen LogP contribution in [0, 0.1) is 0 Å². The Balaban J connectivity index is 1.41. The first kappa shape index (κ1) is 19.1. The van der Waals surface area contributed by atoms with E-state index in [9.17, 15) is 0 Å². The Morgan fingerprint density at radius 1 is 0.900 bits per heavy atom. The smallest absolute Gasteiger partial charge is 0.203 e. The third-order valence-corrected chi connectivity index (χ3v) is 6.31. The molecule has 5 rings (SSSR count). The maximum absolute atomic E-state index is 5.99. The second kappa shape index (κ2) is 8.11. The van der Waals surface area contributed by atoms with Crippen molar-refractivity contribution in [2.75, 3.05) is 5.32 Å². The van der Waals surface area contributed by atoms with Crippen LogP contribution in [0.3, 0.4) is 0 Å². The summed E-state index contributed by atoms with van der Waals surface area (Å²) in [5.74, 6) is 0.958. The van der Waals surface area contributed by atoms with Crippen molar-refractivity contribution in [3.05, 3.63) is 65.8 Å². The number of halogens is 1. The van der Waals surface area contributed by atoms with Gasteiger partial charge in [-0.15, -0.1) is 0 Å². The number of nitrogens with zero attached hydrogens (tertiary/aromatic N) is 3. The first-order valence-corrected chi connectivity index (χ1v) is 11.0. The highest BCUT2D eigenvalue weighted by atomic mass is 35.5. The van der Waals surface area contributed by atoms with Gasteiger partial charge in [-0.25, -0.2) is 4.98 Å². The Morgan fingerprint density at radius 2 is 1.63 bits per heavy atom. The molecule has 0 aliphatic heterocycles. The zero-order valence-corrected chi connectivity index (χ0v) is 17.9. The molecule has 1 aliphatic rings. The van der Waals surface area contributed by atoms with E-state index in [1.165, 1.54) is 32.1 Å². The molecule has 1 fully saturated rings. The quantitative estimate of drug-likeness (QED) is 0.402. The average Bonchev–Trinajstić information content (AvgIpc) is 3.10. The predicted octanol–water partition coefficient (Wildman–Crippen LogP) is 6.70. The van der Waals surface area contributed by atoms with Crippen molar-refractivity contribution in [1.82, 2.24) is 14.5 Å². The summed E-state index contributed by atoms with van der Waals surface area (Å²) in [6.07, 6.45) is 8.36. The Labute approximate surface area is 181 Å². The van der Waals surface area contributed by atoms with Crippen LogP contribution >= 0.6 is 11.6 Å².